The molecule has 0 N–H and O–H groups in total. The molecule has 1 aliphatic rings. The molecule has 1 aliphatic heterocycles. The smallest absolute Gasteiger partial charge is 0.387 e. The van der Waals surface area contributed by atoms with E-state index < -0.39 is 18.2 Å². The van der Waals surface area contributed by atoms with E-state index in [2.05, 4.69) is 14.8 Å². The van der Waals surface area contributed by atoms with Gasteiger partial charge in [-0.2, -0.15) is 13.9 Å². The molecule has 6 nitrogen and oxygen atoms in total. The lowest BCUT2D eigenvalue weighted by molar-refractivity contribution is -0.0498. The second-order valence-electron chi connectivity index (χ2n) is 7.18. The Hall–Kier alpha value is -4.12. The summed E-state index contributed by atoms with van der Waals surface area (Å²) in [5.41, 5.74) is 1.84. The number of hydrogen-bond donors (Lipinski definition) is 0. The van der Waals surface area contributed by atoms with Crippen LogP contribution >= 0.6 is 11.3 Å². The topological polar surface area (TPSA) is 57.3 Å². The Labute approximate surface area is 200 Å². The summed E-state index contributed by atoms with van der Waals surface area (Å²) in [6.45, 7) is -2.80. The van der Waals surface area contributed by atoms with Crippen molar-refractivity contribution >= 4 is 23.2 Å². The summed E-state index contributed by atoms with van der Waals surface area (Å²) in [6.07, 6.45) is 1.56. The lowest BCUT2D eigenvalue weighted by atomic mass is 10.2. The number of halogens is 4. The minimum absolute atomic E-state index is 0.00712. The average molecular weight is 501 g/mol. The Bertz CT molecular complexity index is 1470. The van der Waals surface area contributed by atoms with Crippen LogP contribution in [0, 0.1) is 11.6 Å². The number of hydrogen-bond acceptors (Lipinski definition) is 6. The van der Waals surface area contributed by atoms with Gasteiger partial charge in [-0.15, -0.1) is 11.3 Å². The maximum absolute atomic E-state index is 14.2. The lowest BCUT2D eigenvalue weighted by Crippen LogP contribution is -2.11. The molecule has 1 aromatic heterocycles. The minimum atomic E-state index is -2.94. The molecule has 0 unspecified atom stereocenters. The van der Waals surface area contributed by atoms with Gasteiger partial charge in [0.05, 0.1) is 11.9 Å². The number of alkyl halides is 2. The number of rotatable bonds is 6. The zero-order chi connectivity index (χ0) is 24.4. The van der Waals surface area contributed by atoms with Gasteiger partial charge in [-0.05, 0) is 60.2 Å². The Balaban J connectivity index is 1.57. The monoisotopic (exact) mass is 501 g/mol. The molecule has 0 radical (unpaired) electrons. The predicted molar refractivity (Wildman–Crippen MR) is 122 cm³/mol. The lowest BCUT2D eigenvalue weighted by Gasteiger charge is -2.07. The van der Waals surface area contributed by atoms with Crippen molar-refractivity contribution in [2.75, 3.05) is 6.79 Å². The molecular formula is C24H15F4N3O3S. The first-order chi connectivity index (χ1) is 17.0. The number of nitrogens with zero attached hydrogens (tertiary/aromatic N) is 3. The molecule has 0 bridgehead atoms. The zero-order valence-electron chi connectivity index (χ0n) is 17.7. The van der Waals surface area contributed by atoms with Crippen molar-refractivity contribution in [2.24, 2.45) is 10.1 Å². The van der Waals surface area contributed by atoms with Crippen LogP contribution in [0.3, 0.4) is 0 Å². The number of thiazole rings is 1. The van der Waals surface area contributed by atoms with Gasteiger partial charge < -0.3 is 14.2 Å². The predicted octanol–water partition coefficient (Wildman–Crippen LogP) is 5.94. The van der Waals surface area contributed by atoms with E-state index in [1.54, 1.807) is 41.9 Å². The van der Waals surface area contributed by atoms with E-state index in [4.69, 9.17) is 9.47 Å². The molecule has 4 aromatic rings. The van der Waals surface area contributed by atoms with Crippen molar-refractivity contribution in [1.82, 2.24) is 4.68 Å². The summed E-state index contributed by atoms with van der Waals surface area (Å²) in [5, 5.41) is 6.25. The molecule has 0 spiro atoms. The fraction of sp³-hybridized carbons (Fsp3) is 0.0833. The largest absolute Gasteiger partial charge is 0.454 e. The van der Waals surface area contributed by atoms with Gasteiger partial charge in [0.1, 0.15) is 17.3 Å². The zero-order valence-corrected chi connectivity index (χ0v) is 18.5. The number of aromatic nitrogens is 1. The summed E-state index contributed by atoms with van der Waals surface area (Å²) in [5.74, 6) is -0.322. The van der Waals surface area contributed by atoms with Gasteiger partial charge in [0.2, 0.25) is 11.6 Å². The van der Waals surface area contributed by atoms with E-state index in [0.29, 0.717) is 33.1 Å². The maximum Gasteiger partial charge on any atom is 0.387 e. The minimum Gasteiger partial charge on any atom is -0.454 e. The third-order valence-corrected chi connectivity index (χ3v) is 5.72. The quantitative estimate of drug-likeness (QED) is 0.243. The number of ether oxygens (including phenoxy) is 3. The van der Waals surface area contributed by atoms with Crippen LogP contribution in [-0.2, 0) is 0 Å². The first kappa shape index (κ1) is 22.7. The average Bonchev–Trinajstić information content (AvgIpc) is 3.46. The number of benzene rings is 3. The first-order valence-electron chi connectivity index (χ1n) is 10.2. The summed E-state index contributed by atoms with van der Waals surface area (Å²) < 4.78 is 69.1. The van der Waals surface area contributed by atoms with Crippen molar-refractivity contribution in [2.45, 2.75) is 6.61 Å². The van der Waals surface area contributed by atoms with E-state index in [0.717, 1.165) is 12.1 Å². The number of fused-ring (bicyclic) bond motifs is 1. The second-order valence-corrected chi connectivity index (χ2v) is 8.02. The summed E-state index contributed by atoms with van der Waals surface area (Å²) in [4.78, 5) is 4.61. The summed E-state index contributed by atoms with van der Waals surface area (Å²) >= 11 is 1.18. The van der Waals surface area contributed by atoms with Crippen LogP contribution in [0.5, 0.6) is 17.2 Å². The van der Waals surface area contributed by atoms with Crippen molar-refractivity contribution in [3.8, 4) is 28.5 Å². The molecule has 0 saturated heterocycles. The molecule has 0 atom stereocenters. The van der Waals surface area contributed by atoms with Crippen LogP contribution < -0.4 is 19.0 Å². The van der Waals surface area contributed by atoms with Crippen LogP contribution in [-0.4, -0.2) is 24.3 Å². The SMILES string of the molecule is Fc1ccc(N=c2scc(-c3ccc(OC(F)F)cc3)n2/N=C\c2ccc3c(c2)OCO3)c(F)c1. The molecular weight excluding hydrogens is 486 g/mol. The molecule has 3 aromatic carbocycles. The summed E-state index contributed by atoms with van der Waals surface area (Å²) in [7, 11) is 0. The van der Waals surface area contributed by atoms with Crippen LogP contribution in [0.1, 0.15) is 5.56 Å². The second kappa shape index (κ2) is 9.63. The standard InChI is InChI=1S/C24H15F4N3O3S/c25-16-4-7-19(18(26)10-16)30-24-31(29-11-14-1-8-21-22(9-14)33-13-32-21)20(12-35-24)15-2-5-17(6-3-15)34-23(27)28/h1-12,23H,13H2/b29-11-,30-24?. The fourth-order valence-corrected chi connectivity index (χ4v) is 4.14. The third-order valence-electron chi connectivity index (χ3n) is 4.91. The van der Waals surface area contributed by atoms with Gasteiger partial charge in [-0.25, -0.2) is 18.4 Å². The van der Waals surface area contributed by atoms with E-state index >= 15 is 0 Å². The molecule has 2 heterocycles. The first-order valence-corrected chi connectivity index (χ1v) is 11.0. The van der Waals surface area contributed by atoms with E-state index in [1.807, 2.05) is 0 Å². The Morgan fingerprint density at radius 3 is 2.54 bits per heavy atom. The van der Waals surface area contributed by atoms with E-state index in [9.17, 15) is 17.6 Å². The van der Waals surface area contributed by atoms with Gasteiger partial charge in [-0.3, -0.25) is 0 Å². The Kier molecular flexibility index (Phi) is 6.23. The molecule has 11 heteroatoms. The van der Waals surface area contributed by atoms with Crippen LogP contribution in [0.15, 0.2) is 76.1 Å². The molecule has 0 saturated carbocycles. The van der Waals surface area contributed by atoms with Crippen LogP contribution in [0.25, 0.3) is 11.3 Å². The van der Waals surface area contributed by atoms with Crippen molar-refractivity contribution in [3.63, 3.8) is 0 Å². The molecule has 0 fully saturated rings. The van der Waals surface area contributed by atoms with Gasteiger partial charge in [0.25, 0.3) is 0 Å². The summed E-state index contributed by atoms with van der Waals surface area (Å²) in [6, 6.07) is 14.4. The van der Waals surface area contributed by atoms with Gasteiger partial charge in [0.15, 0.2) is 17.3 Å². The molecule has 178 valence electrons. The third kappa shape index (κ3) is 5.04. The molecule has 0 aliphatic carbocycles. The fourth-order valence-electron chi connectivity index (χ4n) is 3.29. The van der Waals surface area contributed by atoms with Gasteiger partial charge in [-0.1, -0.05) is 0 Å². The van der Waals surface area contributed by atoms with Gasteiger partial charge in [0, 0.05) is 17.0 Å². The highest BCUT2D eigenvalue weighted by molar-refractivity contribution is 7.07. The Morgan fingerprint density at radius 2 is 1.77 bits per heavy atom. The van der Waals surface area contributed by atoms with Gasteiger partial charge >= 0.3 is 6.61 Å². The van der Waals surface area contributed by atoms with Crippen LogP contribution in [0.2, 0.25) is 0 Å². The van der Waals surface area contributed by atoms with E-state index in [1.165, 1.54) is 34.2 Å². The van der Waals surface area contributed by atoms with E-state index in [-0.39, 0.29) is 18.2 Å². The highest BCUT2D eigenvalue weighted by atomic mass is 32.1. The molecule has 5 rings (SSSR count). The Morgan fingerprint density at radius 1 is 0.971 bits per heavy atom. The molecule has 35 heavy (non-hydrogen) atoms. The normalized spacial score (nSPS) is 13.2. The van der Waals surface area contributed by atoms with Crippen molar-refractivity contribution in [3.05, 3.63) is 88.0 Å². The molecule has 0 amide bonds. The van der Waals surface area contributed by atoms with Crippen LogP contribution in [0.4, 0.5) is 23.2 Å². The maximum atomic E-state index is 14.2. The highest BCUT2D eigenvalue weighted by Gasteiger charge is 2.14. The van der Waals surface area contributed by atoms with Crippen molar-refractivity contribution in [1.29, 1.82) is 0 Å². The highest BCUT2D eigenvalue weighted by Crippen LogP contribution is 2.32. The van der Waals surface area contributed by atoms with Crippen molar-refractivity contribution < 1.29 is 31.8 Å².